The van der Waals surface area contributed by atoms with Crippen LogP contribution in [-0.2, 0) is 54.4 Å². The number of carbonyl (C=O) groups excluding carboxylic acids is 8. The highest BCUT2D eigenvalue weighted by atomic mass is 16.4. The number of phenols is 1. The minimum absolute atomic E-state index is 0.0431. The molecule has 1 rings (SSSR count). The van der Waals surface area contributed by atoms with Gasteiger partial charge in [-0.3, -0.25) is 43.2 Å². The lowest BCUT2D eigenvalue weighted by molar-refractivity contribution is -0.143. The van der Waals surface area contributed by atoms with Crippen molar-refractivity contribution in [3.8, 4) is 5.75 Å². The lowest BCUT2D eigenvalue weighted by Gasteiger charge is -2.31. The summed E-state index contributed by atoms with van der Waals surface area (Å²) in [7, 11) is 0. The van der Waals surface area contributed by atoms with E-state index in [1.54, 1.807) is 55.4 Å². The molecule has 424 valence electrons. The fourth-order valence-corrected chi connectivity index (χ4v) is 7.57. The Balaban J connectivity index is 3.46. The van der Waals surface area contributed by atoms with Crippen molar-refractivity contribution in [2.24, 2.45) is 40.9 Å². The number of unbranched alkanes of at least 4 members (excludes halogenated alkanes) is 2. The number of amides is 8. The first-order chi connectivity index (χ1) is 35.2. The molecule has 0 radical (unpaired) electrons. The van der Waals surface area contributed by atoms with Gasteiger partial charge in [-0.2, -0.15) is 0 Å². The topological polar surface area (TPSA) is 426 Å². The van der Waals surface area contributed by atoms with Crippen molar-refractivity contribution in [1.82, 2.24) is 42.5 Å². The second-order valence-electron chi connectivity index (χ2n) is 19.8. The quantitative estimate of drug-likeness (QED) is 0.0335. The number of carbonyl (C=O) groups is 10. The van der Waals surface area contributed by atoms with E-state index in [4.69, 9.17) is 17.2 Å². The first-order valence-electron chi connectivity index (χ1n) is 25.6. The van der Waals surface area contributed by atoms with Crippen LogP contribution in [0.15, 0.2) is 24.3 Å². The van der Waals surface area contributed by atoms with Gasteiger partial charge in [0.1, 0.15) is 54.1 Å². The summed E-state index contributed by atoms with van der Waals surface area (Å²) >= 11 is 0. The number of hydrogen-bond donors (Lipinski definition) is 15. The van der Waals surface area contributed by atoms with Crippen LogP contribution in [0.5, 0.6) is 5.75 Å². The summed E-state index contributed by atoms with van der Waals surface area (Å²) in [6.45, 7) is 12.7. The molecule has 1 aromatic rings. The molecule has 0 fully saturated rings. The molecule has 1 aromatic carbocycles. The van der Waals surface area contributed by atoms with Crippen molar-refractivity contribution >= 4 is 59.2 Å². The van der Waals surface area contributed by atoms with Crippen molar-refractivity contribution in [3.05, 3.63) is 29.8 Å². The molecule has 0 unspecified atom stereocenters. The predicted molar refractivity (Wildman–Crippen MR) is 277 cm³/mol. The first kappa shape index (κ1) is 66.6. The Labute approximate surface area is 439 Å². The fraction of sp³-hybridized carbons (Fsp3) is 0.680. The van der Waals surface area contributed by atoms with Gasteiger partial charge in [-0.1, -0.05) is 80.4 Å². The molecule has 18 N–H and O–H groups in total. The number of aliphatic carboxylic acids is 2. The molecule has 8 amide bonds. The zero-order valence-electron chi connectivity index (χ0n) is 44.6. The van der Waals surface area contributed by atoms with Crippen molar-refractivity contribution in [3.63, 3.8) is 0 Å². The molecule has 0 heterocycles. The maximum absolute atomic E-state index is 14.2. The van der Waals surface area contributed by atoms with Crippen LogP contribution < -0.4 is 59.7 Å². The molecule has 0 spiro atoms. The average Bonchev–Trinajstić information content (AvgIpc) is 3.34. The van der Waals surface area contributed by atoms with Gasteiger partial charge in [-0.15, -0.1) is 0 Å². The van der Waals surface area contributed by atoms with Crippen molar-refractivity contribution in [2.45, 2.75) is 174 Å². The Bertz CT molecular complexity index is 2040. The van der Waals surface area contributed by atoms with Crippen LogP contribution in [0.25, 0.3) is 0 Å². The van der Waals surface area contributed by atoms with E-state index in [1.165, 1.54) is 24.3 Å². The number of carboxylic acid groups (broad SMARTS) is 2. The number of nitrogens with two attached hydrogens (primary N) is 3. The molecule has 0 aliphatic heterocycles. The zero-order chi connectivity index (χ0) is 57.1. The summed E-state index contributed by atoms with van der Waals surface area (Å²) in [5.41, 5.74) is 17.8. The highest BCUT2D eigenvalue weighted by Gasteiger charge is 2.37. The van der Waals surface area contributed by atoms with Gasteiger partial charge in [-0.05, 0) is 93.0 Å². The molecular weight excluding hydrogens is 979 g/mol. The molecule has 0 saturated heterocycles. The minimum atomic E-state index is -1.69. The average molecular weight is 1060 g/mol. The number of rotatable bonds is 36. The second kappa shape index (κ2) is 34.2. The zero-order valence-corrected chi connectivity index (χ0v) is 44.6. The van der Waals surface area contributed by atoms with Gasteiger partial charge in [0, 0.05) is 12.8 Å². The predicted octanol–water partition coefficient (Wildman–Crippen LogP) is -1.65. The molecule has 0 aromatic heterocycles. The third-order valence-electron chi connectivity index (χ3n) is 12.5. The monoisotopic (exact) mass is 1060 g/mol. The SMILES string of the molecule is CC[C@H](C)[C@H](NC(=O)[C@H](CCCCN)NC(=O)[C@H](CCC(=O)O)NC(=O)[C@H](CO)NC(=O)[C@@H](NC(=O)[C@@H](N)CCCCN)C(C)C)C(=O)N[C@H](C(=O)N[C@@H](Cc1ccc(O)cc1)C(=O)N[C@H](C(=O)O)C(C)C)C(C)C. The summed E-state index contributed by atoms with van der Waals surface area (Å²) in [5, 5.41) is 59.6. The van der Waals surface area contributed by atoms with Crippen molar-refractivity contribution in [2.75, 3.05) is 19.7 Å². The Morgan fingerprint density at radius 3 is 1.36 bits per heavy atom. The van der Waals surface area contributed by atoms with Crippen LogP contribution in [-0.4, -0.2) is 154 Å². The number of aromatic hydroxyl groups is 1. The van der Waals surface area contributed by atoms with Crippen LogP contribution in [0.2, 0.25) is 0 Å². The van der Waals surface area contributed by atoms with Crippen LogP contribution in [0.4, 0.5) is 0 Å². The van der Waals surface area contributed by atoms with Gasteiger partial charge in [0.2, 0.25) is 47.3 Å². The third kappa shape index (κ3) is 23.8. The molecule has 0 bridgehead atoms. The summed E-state index contributed by atoms with van der Waals surface area (Å²) in [4.78, 5) is 134. The fourth-order valence-electron chi connectivity index (χ4n) is 7.57. The number of phenolic OH excluding ortho intramolecular Hbond substituents is 1. The number of carboxylic acids is 2. The van der Waals surface area contributed by atoms with Crippen LogP contribution in [0.1, 0.15) is 119 Å². The minimum Gasteiger partial charge on any atom is -0.508 e. The van der Waals surface area contributed by atoms with E-state index in [2.05, 4.69) is 42.5 Å². The van der Waals surface area contributed by atoms with Crippen LogP contribution >= 0.6 is 0 Å². The van der Waals surface area contributed by atoms with E-state index in [0.29, 0.717) is 44.2 Å². The molecule has 10 atom stereocenters. The highest BCUT2D eigenvalue weighted by Crippen LogP contribution is 2.16. The number of nitrogens with one attached hydrogen (secondary N) is 8. The maximum atomic E-state index is 14.2. The van der Waals surface area contributed by atoms with Crippen LogP contribution in [0, 0.1) is 23.7 Å². The second-order valence-corrected chi connectivity index (χ2v) is 19.8. The number of hydrogen-bond acceptors (Lipinski definition) is 15. The molecule has 25 nitrogen and oxygen atoms in total. The van der Waals surface area contributed by atoms with Gasteiger partial charge < -0.3 is 80.2 Å². The summed E-state index contributed by atoms with van der Waals surface area (Å²) < 4.78 is 0. The van der Waals surface area contributed by atoms with Gasteiger partial charge in [-0.25, -0.2) is 4.79 Å². The molecule has 0 saturated carbocycles. The maximum Gasteiger partial charge on any atom is 0.326 e. The largest absolute Gasteiger partial charge is 0.508 e. The van der Waals surface area contributed by atoms with Crippen molar-refractivity contribution in [1.29, 1.82) is 0 Å². The Morgan fingerprint density at radius 2 is 0.893 bits per heavy atom. The number of aliphatic hydroxyl groups is 1. The molecule has 25 heteroatoms. The third-order valence-corrected chi connectivity index (χ3v) is 12.5. The summed E-state index contributed by atoms with van der Waals surface area (Å²) in [5.74, 6) is -11.8. The Hall–Kier alpha value is -6.44. The van der Waals surface area contributed by atoms with E-state index in [1.807, 2.05) is 0 Å². The van der Waals surface area contributed by atoms with E-state index in [0.717, 1.165) is 0 Å². The van der Waals surface area contributed by atoms with Crippen molar-refractivity contribution < 1.29 is 68.4 Å². The lowest BCUT2D eigenvalue weighted by atomic mass is 9.95. The van der Waals surface area contributed by atoms with E-state index in [9.17, 15) is 68.4 Å². The van der Waals surface area contributed by atoms with Gasteiger partial charge in [0.15, 0.2) is 0 Å². The molecule has 0 aliphatic rings. The van der Waals surface area contributed by atoms with Gasteiger partial charge in [0.05, 0.1) is 12.6 Å². The smallest absolute Gasteiger partial charge is 0.326 e. The normalized spacial score (nSPS) is 15.3. The lowest BCUT2D eigenvalue weighted by Crippen LogP contribution is -2.62. The molecular formula is C50H85N11O14. The number of aliphatic hydroxyl groups excluding tert-OH is 1. The summed E-state index contributed by atoms with van der Waals surface area (Å²) in [6, 6.07) is -6.39. The van der Waals surface area contributed by atoms with Gasteiger partial charge >= 0.3 is 11.9 Å². The standard InChI is InChI=1S/C50H85N11O14/c1-9-29(8)41(49(73)59-39(27(4)5)47(71)56-35(24-30-16-18-31(63)19-17-30)45(69)60-40(28(6)7)50(74)75)61-44(68)33(15-11-13-23-52)54-43(67)34(20-21-37(64)65)55-46(70)36(25-62)57-48(72)38(26(2)3)58-42(66)32(53)14-10-12-22-51/h16-19,26-29,32-36,38-41,62-63H,9-15,20-25,51-53H2,1-8H3,(H,54,67)(H,55,70)(H,56,71)(H,57,72)(H,58,66)(H,59,73)(H,60,69)(H,61,68)(H,64,65)(H,74,75)/t29-,32-,33-,34-,35-,36-,38-,39-,40-,41-/m0/s1. The highest BCUT2D eigenvalue weighted by molar-refractivity contribution is 5.98. The molecule has 75 heavy (non-hydrogen) atoms. The number of benzene rings is 1. The van der Waals surface area contributed by atoms with Crippen LogP contribution in [0.3, 0.4) is 0 Å². The summed E-state index contributed by atoms with van der Waals surface area (Å²) in [6.07, 6.45) is 1.19. The van der Waals surface area contributed by atoms with E-state index < -0.39 is 157 Å². The van der Waals surface area contributed by atoms with Gasteiger partial charge in [0.25, 0.3) is 0 Å². The molecule has 0 aliphatic carbocycles. The Morgan fingerprint density at radius 1 is 0.493 bits per heavy atom. The van der Waals surface area contributed by atoms with E-state index >= 15 is 0 Å². The Kier molecular flexibility index (Phi) is 30.4. The van der Waals surface area contributed by atoms with E-state index in [-0.39, 0.29) is 31.6 Å². The first-order valence-corrected chi connectivity index (χ1v) is 25.6.